The predicted octanol–water partition coefficient (Wildman–Crippen LogP) is 3.71. The van der Waals surface area contributed by atoms with E-state index in [-0.39, 0.29) is 37.7 Å². The number of rotatable bonds is 13. The molecular weight excluding hydrogens is 457 g/mol. The Bertz CT molecular complexity index is 1050. The van der Waals surface area contributed by atoms with Gasteiger partial charge in [0, 0.05) is 31.6 Å². The zero-order valence-corrected chi connectivity index (χ0v) is 20.9. The van der Waals surface area contributed by atoms with Crippen LogP contribution in [0.3, 0.4) is 0 Å². The van der Waals surface area contributed by atoms with E-state index in [2.05, 4.69) is 5.32 Å². The molecule has 2 aromatic carbocycles. The first-order valence-corrected chi connectivity index (χ1v) is 13.3. The zero-order chi connectivity index (χ0) is 25.1. The number of unbranched alkanes of at least 4 members (excludes halogenated alkanes) is 1. The minimum Gasteiger partial charge on any atom is -0.354 e. The van der Waals surface area contributed by atoms with Crippen molar-refractivity contribution < 1.29 is 22.4 Å². The largest absolute Gasteiger partial charge is 0.354 e. The fraction of sp³-hybridized carbons (Fsp3) is 0.440. The summed E-state index contributed by atoms with van der Waals surface area (Å²) >= 11 is 0. The normalized spacial score (nSPS) is 12.1. The van der Waals surface area contributed by atoms with Gasteiger partial charge in [-0.15, -0.1) is 0 Å². The molecule has 0 spiro atoms. The van der Waals surface area contributed by atoms with Crippen LogP contribution in [0.1, 0.15) is 45.1 Å². The number of carbonyl (C=O) groups excluding carboxylic acids is 2. The van der Waals surface area contributed by atoms with E-state index in [0.29, 0.717) is 17.8 Å². The Hall–Kier alpha value is -2.94. The van der Waals surface area contributed by atoms with Crippen LogP contribution >= 0.6 is 0 Å². The van der Waals surface area contributed by atoms with Crippen molar-refractivity contribution in [3.63, 3.8) is 0 Å². The molecule has 0 aliphatic heterocycles. The third-order valence-corrected chi connectivity index (χ3v) is 6.69. The van der Waals surface area contributed by atoms with Gasteiger partial charge in [0.05, 0.1) is 11.9 Å². The Labute approximate surface area is 202 Å². The number of hydrogen-bond donors (Lipinski definition) is 1. The molecule has 1 N–H and O–H groups in total. The summed E-state index contributed by atoms with van der Waals surface area (Å²) in [6, 6.07) is 14.0. The summed E-state index contributed by atoms with van der Waals surface area (Å²) in [6.45, 7) is 4.19. The third kappa shape index (κ3) is 8.13. The van der Waals surface area contributed by atoms with Crippen molar-refractivity contribution in [2.24, 2.45) is 0 Å². The van der Waals surface area contributed by atoms with Crippen LogP contribution in [0, 0.1) is 5.82 Å². The van der Waals surface area contributed by atoms with Gasteiger partial charge in [0.2, 0.25) is 21.8 Å². The van der Waals surface area contributed by atoms with E-state index < -0.39 is 21.9 Å². The number of benzene rings is 2. The number of para-hydroxylation sites is 1. The first-order valence-electron chi connectivity index (χ1n) is 11.5. The van der Waals surface area contributed by atoms with Gasteiger partial charge in [-0.2, -0.15) is 0 Å². The number of amides is 2. The van der Waals surface area contributed by atoms with Crippen LogP contribution in [-0.2, 0) is 26.2 Å². The molecule has 9 heteroatoms. The maximum atomic E-state index is 14.3. The summed E-state index contributed by atoms with van der Waals surface area (Å²) in [5, 5.41) is 2.82. The van der Waals surface area contributed by atoms with Gasteiger partial charge in [-0.25, -0.2) is 12.8 Å². The molecule has 0 bridgehead atoms. The highest BCUT2D eigenvalue weighted by atomic mass is 32.2. The highest BCUT2D eigenvalue weighted by molar-refractivity contribution is 7.92. The van der Waals surface area contributed by atoms with Gasteiger partial charge in [-0.3, -0.25) is 13.9 Å². The van der Waals surface area contributed by atoms with E-state index in [4.69, 9.17) is 0 Å². The van der Waals surface area contributed by atoms with E-state index in [0.717, 1.165) is 19.1 Å². The fourth-order valence-corrected chi connectivity index (χ4v) is 4.49. The van der Waals surface area contributed by atoms with Crippen molar-refractivity contribution in [3.05, 3.63) is 66.0 Å². The average Bonchev–Trinajstić information content (AvgIpc) is 2.80. The van der Waals surface area contributed by atoms with Crippen molar-refractivity contribution in [2.45, 2.75) is 52.1 Å². The number of sulfonamides is 1. The van der Waals surface area contributed by atoms with Gasteiger partial charge < -0.3 is 10.2 Å². The van der Waals surface area contributed by atoms with Gasteiger partial charge >= 0.3 is 0 Å². The van der Waals surface area contributed by atoms with Crippen molar-refractivity contribution in [1.82, 2.24) is 10.2 Å². The lowest BCUT2D eigenvalue weighted by molar-refractivity contribution is -0.140. The molecule has 2 rings (SSSR count). The zero-order valence-electron chi connectivity index (χ0n) is 20.0. The highest BCUT2D eigenvalue weighted by Gasteiger charge is 2.27. The second kappa shape index (κ2) is 13.1. The van der Waals surface area contributed by atoms with Crippen LogP contribution in [0.25, 0.3) is 0 Å². The molecule has 0 radical (unpaired) electrons. The smallest absolute Gasteiger partial charge is 0.242 e. The average molecular weight is 492 g/mol. The van der Waals surface area contributed by atoms with Crippen LogP contribution in [0.5, 0.6) is 0 Å². The second-order valence-electron chi connectivity index (χ2n) is 8.21. The van der Waals surface area contributed by atoms with E-state index in [1.54, 1.807) is 55.5 Å². The minimum atomic E-state index is -3.54. The highest BCUT2D eigenvalue weighted by Crippen LogP contribution is 2.19. The number of hydrogen-bond acceptors (Lipinski definition) is 4. The molecule has 0 aromatic heterocycles. The maximum Gasteiger partial charge on any atom is 0.242 e. The van der Waals surface area contributed by atoms with E-state index in [1.165, 1.54) is 15.3 Å². The van der Waals surface area contributed by atoms with E-state index in [1.807, 2.05) is 6.92 Å². The van der Waals surface area contributed by atoms with Gasteiger partial charge in [0.15, 0.2) is 0 Å². The Kier molecular flexibility index (Phi) is 10.5. The van der Waals surface area contributed by atoms with Crippen molar-refractivity contribution in [1.29, 1.82) is 0 Å². The maximum absolute atomic E-state index is 14.3. The molecule has 0 heterocycles. The lowest BCUT2D eigenvalue weighted by Crippen LogP contribution is -2.48. The molecule has 7 nitrogen and oxygen atoms in total. The van der Waals surface area contributed by atoms with Crippen LogP contribution in [0.4, 0.5) is 10.1 Å². The molecule has 0 fully saturated rings. The van der Waals surface area contributed by atoms with Crippen molar-refractivity contribution in [3.8, 4) is 0 Å². The van der Waals surface area contributed by atoms with Gasteiger partial charge in [0.25, 0.3) is 0 Å². The summed E-state index contributed by atoms with van der Waals surface area (Å²) in [5.74, 6) is -1.10. The van der Waals surface area contributed by atoms with E-state index in [9.17, 15) is 22.4 Å². The van der Waals surface area contributed by atoms with Crippen molar-refractivity contribution in [2.75, 3.05) is 23.7 Å². The lowest BCUT2D eigenvalue weighted by atomic mass is 10.1. The Morgan fingerprint density at radius 2 is 1.68 bits per heavy atom. The molecule has 0 aliphatic rings. The quantitative estimate of drug-likeness (QED) is 0.433. The first kappa shape index (κ1) is 27.3. The summed E-state index contributed by atoms with van der Waals surface area (Å²) in [7, 11) is -3.54. The van der Waals surface area contributed by atoms with E-state index >= 15 is 0 Å². The van der Waals surface area contributed by atoms with Crippen LogP contribution in [-0.4, -0.2) is 50.5 Å². The molecule has 1 unspecified atom stereocenters. The molecular formula is C25H34FN3O4S. The second-order valence-corrected chi connectivity index (χ2v) is 10.1. The summed E-state index contributed by atoms with van der Waals surface area (Å²) in [4.78, 5) is 27.2. The Morgan fingerprint density at radius 1 is 1.03 bits per heavy atom. The first-order chi connectivity index (χ1) is 16.1. The number of anilines is 1. The topological polar surface area (TPSA) is 86.8 Å². The standard InChI is InChI=1S/C25H34FN3O4S/c1-4-5-17-27-25(31)20(2)28(19-21-12-9-10-15-23(21)26)24(30)16-11-18-29(34(3,32)33)22-13-7-6-8-14-22/h6-10,12-15,20H,4-5,11,16-19H2,1-3H3,(H,27,31). The molecule has 1 atom stereocenters. The molecule has 2 amide bonds. The van der Waals surface area contributed by atoms with Crippen LogP contribution in [0.2, 0.25) is 0 Å². The summed E-state index contributed by atoms with van der Waals surface area (Å²) in [5.41, 5.74) is 0.829. The fourth-order valence-electron chi connectivity index (χ4n) is 3.53. The predicted molar refractivity (Wildman–Crippen MR) is 132 cm³/mol. The molecule has 0 aliphatic carbocycles. The van der Waals surface area contributed by atoms with Gasteiger partial charge in [0.1, 0.15) is 11.9 Å². The number of nitrogens with zero attached hydrogens (tertiary/aromatic N) is 2. The van der Waals surface area contributed by atoms with Gasteiger partial charge in [-0.05, 0) is 38.0 Å². The molecule has 0 saturated heterocycles. The van der Waals surface area contributed by atoms with Crippen LogP contribution < -0.4 is 9.62 Å². The lowest BCUT2D eigenvalue weighted by Gasteiger charge is -2.29. The Morgan fingerprint density at radius 3 is 2.29 bits per heavy atom. The van der Waals surface area contributed by atoms with Crippen molar-refractivity contribution >= 4 is 27.5 Å². The monoisotopic (exact) mass is 491 g/mol. The van der Waals surface area contributed by atoms with Gasteiger partial charge in [-0.1, -0.05) is 49.7 Å². The number of carbonyl (C=O) groups is 2. The Balaban J connectivity index is 2.13. The summed E-state index contributed by atoms with van der Waals surface area (Å²) < 4.78 is 40.1. The SMILES string of the molecule is CCCCNC(=O)C(C)N(Cc1ccccc1F)C(=O)CCCN(c1ccccc1)S(C)(=O)=O. The molecule has 34 heavy (non-hydrogen) atoms. The molecule has 186 valence electrons. The molecule has 2 aromatic rings. The minimum absolute atomic E-state index is 0.0138. The summed E-state index contributed by atoms with van der Waals surface area (Å²) in [6.07, 6.45) is 3.12. The molecule has 0 saturated carbocycles. The van der Waals surface area contributed by atoms with Crippen LogP contribution in [0.15, 0.2) is 54.6 Å². The third-order valence-electron chi connectivity index (χ3n) is 5.49. The number of halogens is 1. The number of nitrogens with one attached hydrogen (secondary N) is 1.